The van der Waals surface area contributed by atoms with E-state index in [-0.39, 0.29) is 39.4 Å². The van der Waals surface area contributed by atoms with Gasteiger partial charge < -0.3 is 15.2 Å². The van der Waals surface area contributed by atoms with Crippen LogP contribution in [0.5, 0.6) is 0 Å². The topological polar surface area (TPSA) is 72.5 Å². The summed E-state index contributed by atoms with van der Waals surface area (Å²) in [6, 6.07) is 0. The summed E-state index contributed by atoms with van der Waals surface area (Å²) >= 11 is 0. The SMILES string of the molecule is NCCO[PH](=O)O.[Zr]. The van der Waals surface area contributed by atoms with Gasteiger partial charge in [0.2, 0.25) is 0 Å². The maximum Gasteiger partial charge on any atom is 0.316 e. The molecule has 0 rings (SSSR count). The molecule has 6 heteroatoms. The van der Waals surface area contributed by atoms with E-state index in [9.17, 15) is 4.57 Å². The molecule has 0 aromatic carbocycles. The van der Waals surface area contributed by atoms with Crippen molar-refractivity contribution in [2.24, 2.45) is 5.73 Å². The van der Waals surface area contributed by atoms with Crippen LogP contribution in [-0.4, -0.2) is 18.0 Å². The summed E-state index contributed by atoms with van der Waals surface area (Å²) in [7, 11) is -2.73. The van der Waals surface area contributed by atoms with Crippen molar-refractivity contribution in [1.82, 2.24) is 0 Å². The van der Waals surface area contributed by atoms with Gasteiger partial charge in [0.05, 0.1) is 6.61 Å². The van der Waals surface area contributed by atoms with Crippen molar-refractivity contribution in [2.45, 2.75) is 0 Å². The third-order valence-electron chi connectivity index (χ3n) is 0.343. The van der Waals surface area contributed by atoms with Crippen LogP contribution >= 0.6 is 8.25 Å². The van der Waals surface area contributed by atoms with E-state index < -0.39 is 8.25 Å². The second-order valence-corrected chi connectivity index (χ2v) is 1.72. The molecule has 0 aromatic rings. The second kappa shape index (κ2) is 7.99. The fraction of sp³-hybridized carbons (Fsp3) is 1.00. The Labute approximate surface area is 67.5 Å². The quantitative estimate of drug-likeness (QED) is 0.614. The molecular weight excluding hydrogens is 208 g/mol. The van der Waals surface area contributed by atoms with Gasteiger partial charge in [-0.3, -0.25) is 4.57 Å². The Balaban J connectivity index is 0. The molecule has 4 nitrogen and oxygen atoms in total. The summed E-state index contributed by atoms with van der Waals surface area (Å²) in [4.78, 5) is 7.95. The van der Waals surface area contributed by atoms with Gasteiger partial charge in [0, 0.05) is 32.7 Å². The second-order valence-electron chi connectivity index (χ2n) is 0.903. The van der Waals surface area contributed by atoms with Crippen LogP contribution in [0.4, 0.5) is 0 Å². The monoisotopic (exact) mass is 215 g/mol. The molecule has 0 saturated heterocycles. The molecule has 0 radical (unpaired) electrons. The maximum absolute atomic E-state index is 9.67. The molecular formula is C2H8NO3PZr. The first-order valence-electron chi connectivity index (χ1n) is 1.83. The Morgan fingerprint density at radius 3 is 2.38 bits per heavy atom. The van der Waals surface area contributed by atoms with Gasteiger partial charge in [-0.05, 0) is 0 Å². The van der Waals surface area contributed by atoms with E-state index in [2.05, 4.69) is 4.52 Å². The Bertz CT molecular complexity index is 70.3. The molecule has 1 unspecified atom stereocenters. The molecule has 0 amide bonds. The minimum atomic E-state index is -2.73. The van der Waals surface area contributed by atoms with E-state index >= 15 is 0 Å². The Morgan fingerprint density at radius 1 is 1.75 bits per heavy atom. The van der Waals surface area contributed by atoms with Gasteiger partial charge in [-0.2, -0.15) is 0 Å². The summed E-state index contributed by atoms with van der Waals surface area (Å²) in [6.45, 7) is 0.450. The molecule has 3 N–H and O–H groups in total. The summed E-state index contributed by atoms with van der Waals surface area (Å²) in [5.74, 6) is 0. The van der Waals surface area contributed by atoms with Crippen LogP contribution in [-0.2, 0) is 35.3 Å². The van der Waals surface area contributed by atoms with Crippen molar-refractivity contribution in [1.29, 1.82) is 0 Å². The van der Waals surface area contributed by atoms with E-state index in [4.69, 9.17) is 10.6 Å². The standard InChI is InChI=1S/C2H8NO3P.Zr/c3-1-2-6-7(4)5;/h7H,1-3H2,(H,4,5);. The maximum atomic E-state index is 9.67. The first kappa shape index (κ1) is 11.7. The van der Waals surface area contributed by atoms with Gasteiger partial charge in [0.25, 0.3) is 0 Å². The Morgan fingerprint density at radius 2 is 2.25 bits per heavy atom. The predicted molar refractivity (Wildman–Crippen MR) is 26.2 cm³/mol. The summed E-state index contributed by atoms with van der Waals surface area (Å²) in [6.07, 6.45) is 0. The van der Waals surface area contributed by atoms with Gasteiger partial charge >= 0.3 is 8.25 Å². The average molecular weight is 216 g/mol. The Kier molecular flexibility index (Phi) is 11.7. The summed E-state index contributed by atoms with van der Waals surface area (Å²) in [5.41, 5.74) is 4.92. The number of hydrogen-bond acceptors (Lipinski definition) is 3. The van der Waals surface area contributed by atoms with Crippen molar-refractivity contribution in [3.8, 4) is 0 Å². The van der Waals surface area contributed by atoms with E-state index in [1.165, 1.54) is 0 Å². The van der Waals surface area contributed by atoms with Crippen LogP contribution in [0.2, 0.25) is 0 Å². The van der Waals surface area contributed by atoms with E-state index in [1.807, 2.05) is 0 Å². The average Bonchev–Trinajstić information content (AvgIpc) is 1.61. The third-order valence-corrected chi connectivity index (χ3v) is 0.794. The van der Waals surface area contributed by atoms with Gasteiger partial charge in [-0.15, -0.1) is 0 Å². The molecule has 0 fully saturated rings. The van der Waals surface area contributed by atoms with Crippen molar-refractivity contribution >= 4 is 8.25 Å². The molecule has 0 bridgehead atoms. The molecule has 0 aliphatic heterocycles. The van der Waals surface area contributed by atoms with E-state index in [0.29, 0.717) is 0 Å². The molecule has 0 aromatic heterocycles. The van der Waals surface area contributed by atoms with Crippen LogP contribution in [0.25, 0.3) is 0 Å². The number of rotatable bonds is 3. The zero-order valence-electron chi connectivity index (χ0n) is 4.26. The number of nitrogens with two attached hydrogens (primary N) is 1. The van der Waals surface area contributed by atoms with E-state index in [0.717, 1.165) is 0 Å². The molecule has 8 heavy (non-hydrogen) atoms. The van der Waals surface area contributed by atoms with Crippen molar-refractivity contribution < 1.29 is 40.2 Å². The molecule has 1 atom stereocenters. The molecule has 0 aliphatic carbocycles. The van der Waals surface area contributed by atoms with Crippen LogP contribution in [0, 0.1) is 0 Å². The third kappa shape index (κ3) is 10.1. The van der Waals surface area contributed by atoms with Gasteiger partial charge in [0.15, 0.2) is 0 Å². The van der Waals surface area contributed by atoms with Gasteiger partial charge in [-0.1, -0.05) is 0 Å². The zero-order valence-corrected chi connectivity index (χ0v) is 7.71. The normalized spacial score (nSPS) is 12.2. The fourth-order valence-corrected chi connectivity index (χ4v) is 0.439. The first-order chi connectivity index (χ1) is 3.27. The summed E-state index contributed by atoms with van der Waals surface area (Å²) < 4.78 is 13.8. The van der Waals surface area contributed by atoms with Crippen molar-refractivity contribution in [2.75, 3.05) is 13.2 Å². The smallest absolute Gasteiger partial charge is 0.316 e. The largest absolute Gasteiger partial charge is 0.328 e. The van der Waals surface area contributed by atoms with E-state index in [1.54, 1.807) is 0 Å². The number of hydrogen-bond donors (Lipinski definition) is 2. The minimum Gasteiger partial charge on any atom is -0.328 e. The molecule has 48 valence electrons. The van der Waals surface area contributed by atoms with Crippen LogP contribution in [0.1, 0.15) is 0 Å². The van der Waals surface area contributed by atoms with Crippen LogP contribution in [0.15, 0.2) is 0 Å². The fourth-order valence-electron chi connectivity index (χ4n) is 0.146. The van der Waals surface area contributed by atoms with Crippen molar-refractivity contribution in [3.63, 3.8) is 0 Å². The van der Waals surface area contributed by atoms with Gasteiger partial charge in [-0.25, -0.2) is 0 Å². The molecule has 0 spiro atoms. The van der Waals surface area contributed by atoms with Crippen LogP contribution in [0.3, 0.4) is 0 Å². The minimum absolute atomic E-state index is 0. The first-order valence-corrected chi connectivity index (χ1v) is 3.09. The van der Waals surface area contributed by atoms with Gasteiger partial charge in [0.1, 0.15) is 0 Å². The molecule has 0 aliphatic rings. The van der Waals surface area contributed by atoms with Crippen molar-refractivity contribution in [3.05, 3.63) is 0 Å². The zero-order chi connectivity index (χ0) is 5.70. The predicted octanol–water partition coefficient (Wildman–Crippen LogP) is -0.659. The molecule has 0 heterocycles. The van der Waals surface area contributed by atoms with Crippen LogP contribution < -0.4 is 5.73 Å². The molecule has 0 saturated carbocycles. The summed E-state index contributed by atoms with van der Waals surface area (Å²) in [5, 5.41) is 0. The Hall–Kier alpha value is 0.993.